The Morgan fingerprint density at radius 1 is 1.04 bits per heavy atom. The summed E-state index contributed by atoms with van der Waals surface area (Å²) in [6.45, 7) is 0.103. The van der Waals surface area contributed by atoms with Gasteiger partial charge in [-0.2, -0.15) is 0 Å². The van der Waals surface area contributed by atoms with Gasteiger partial charge in [-0.1, -0.05) is 24.3 Å². The standard InChI is InChI=1S/C18H15FN2O5S/c19-13-5-4-8-16(11-13)27(23,24)21-20-18(22)17-10-9-15(26-17)12-25-14-6-2-1-3-7-14/h1-11,21H,12H2,(H,20,22). The lowest BCUT2D eigenvalue weighted by Gasteiger charge is -2.07. The molecule has 0 aliphatic carbocycles. The SMILES string of the molecule is O=C(NNS(=O)(=O)c1cccc(F)c1)c1ccc(COc2ccccc2)o1. The second-order valence-electron chi connectivity index (χ2n) is 5.38. The predicted molar refractivity (Wildman–Crippen MR) is 93.7 cm³/mol. The van der Waals surface area contributed by atoms with E-state index in [1.165, 1.54) is 18.2 Å². The molecule has 7 nitrogen and oxygen atoms in total. The summed E-state index contributed by atoms with van der Waals surface area (Å²) in [6, 6.07) is 16.4. The topological polar surface area (TPSA) is 97.6 Å². The summed E-state index contributed by atoms with van der Waals surface area (Å²) in [5.41, 5.74) is 2.01. The Labute approximate surface area is 154 Å². The van der Waals surface area contributed by atoms with Gasteiger partial charge in [0.15, 0.2) is 5.76 Å². The first-order chi connectivity index (χ1) is 12.9. The number of hydrazine groups is 1. The normalized spacial score (nSPS) is 11.1. The first kappa shape index (κ1) is 18.6. The average Bonchev–Trinajstić information content (AvgIpc) is 3.14. The molecule has 0 saturated heterocycles. The number of rotatable bonds is 7. The van der Waals surface area contributed by atoms with E-state index in [1.54, 1.807) is 18.2 Å². The number of amides is 1. The van der Waals surface area contributed by atoms with Gasteiger partial charge in [-0.3, -0.25) is 10.2 Å². The fourth-order valence-electron chi connectivity index (χ4n) is 2.12. The van der Waals surface area contributed by atoms with E-state index in [2.05, 4.69) is 0 Å². The van der Waals surface area contributed by atoms with Crippen molar-refractivity contribution in [3.05, 3.63) is 84.1 Å². The van der Waals surface area contributed by atoms with Gasteiger partial charge in [0.25, 0.3) is 10.0 Å². The Kier molecular flexibility index (Phi) is 5.53. The monoisotopic (exact) mass is 390 g/mol. The summed E-state index contributed by atoms with van der Waals surface area (Å²) < 4.78 is 48.1. The molecular weight excluding hydrogens is 375 g/mol. The van der Waals surface area contributed by atoms with Crippen molar-refractivity contribution >= 4 is 15.9 Å². The molecule has 0 aliphatic heterocycles. The Balaban J connectivity index is 1.58. The van der Waals surface area contributed by atoms with E-state index in [4.69, 9.17) is 9.15 Å². The van der Waals surface area contributed by atoms with E-state index in [9.17, 15) is 17.6 Å². The molecule has 1 heterocycles. The van der Waals surface area contributed by atoms with Gasteiger partial charge in [0.1, 0.15) is 23.9 Å². The van der Waals surface area contributed by atoms with Gasteiger partial charge >= 0.3 is 5.91 Å². The zero-order valence-corrected chi connectivity index (χ0v) is 14.7. The van der Waals surface area contributed by atoms with Crippen LogP contribution in [0.3, 0.4) is 0 Å². The largest absolute Gasteiger partial charge is 0.486 e. The summed E-state index contributed by atoms with van der Waals surface area (Å²) in [4.78, 5) is 13.6. The van der Waals surface area contributed by atoms with Crippen LogP contribution in [0.4, 0.5) is 4.39 Å². The molecule has 0 atom stereocenters. The summed E-state index contributed by atoms with van der Waals surface area (Å²) in [7, 11) is -4.11. The average molecular weight is 390 g/mol. The van der Waals surface area contributed by atoms with Crippen molar-refractivity contribution in [1.82, 2.24) is 10.3 Å². The van der Waals surface area contributed by atoms with Crippen LogP contribution in [0.1, 0.15) is 16.3 Å². The molecule has 2 aromatic carbocycles. The first-order valence-electron chi connectivity index (χ1n) is 7.78. The maximum absolute atomic E-state index is 13.2. The van der Waals surface area contributed by atoms with E-state index < -0.39 is 21.7 Å². The van der Waals surface area contributed by atoms with Crippen molar-refractivity contribution in [2.24, 2.45) is 0 Å². The third kappa shape index (κ3) is 4.93. The second-order valence-corrected chi connectivity index (χ2v) is 7.07. The highest BCUT2D eigenvalue weighted by molar-refractivity contribution is 7.89. The van der Waals surface area contributed by atoms with Crippen LogP contribution >= 0.6 is 0 Å². The summed E-state index contributed by atoms with van der Waals surface area (Å²) in [5, 5.41) is 0. The number of halogens is 1. The Morgan fingerprint density at radius 3 is 2.56 bits per heavy atom. The van der Waals surface area contributed by atoms with Crippen LogP contribution in [-0.2, 0) is 16.6 Å². The highest BCUT2D eigenvalue weighted by atomic mass is 32.2. The van der Waals surface area contributed by atoms with Gasteiger partial charge in [-0.05, 0) is 42.5 Å². The van der Waals surface area contributed by atoms with Crippen LogP contribution in [0, 0.1) is 5.82 Å². The molecule has 1 amide bonds. The summed E-state index contributed by atoms with van der Waals surface area (Å²) in [5.74, 6) is -0.595. The van der Waals surface area contributed by atoms with Crippen molar-refractivity contribution < 1.29 is 26.8 Å². The van der Waals surface area contributed by atoms with Gasteiger partial charge in [-0.25, -0.2) is 12.8 Å². The Hall–Kier alpha value is -3.17. The molecule has 140 valence electrons. The number of sulfonamides is 1. The predicted octanol–water partition coefficient (Wildman–Crippen LogP) is 2.62. The highest BCUT2D eigenvalue weighted by Gasteiger charge is 2.18. The molecule has 1 aromatic heterocycles. The van der Waals surface area contributed by atoms with Crippen LogP contribution in [-0.4, -0.2) is 14.3 Å². The fraction of sp³-hybridized carbons (Fsp3) is 0.0556. The number of ether oxygens (including phenoxy) is 1. The lowest BCUT2D eigenvalue weighted by atomic mass is 10.3. The van der Waals surface area contributed by atoms with Gasteiger partial charge < -0.3 is 9.15 Å². The maximum atomic E-state index is 13.2. The molecule has 0 aliphatic rings. The highest BCUT2D eigenvalue weighted by Crippen LogP contribution is 2.14. The molecule has 9 heteroatoms. The van der Waals surface area contributed by atoms with E-state index in [1.807, 2.05) is 28.5 Å². The van der Waals surface area contributed by atoms with Crippen LogP contribution < -0.4 is 15.0 Å². The van der Waals surface area contributed by atoms with Gasteiger partial charge in [0.05, 0.1) is 4.90 Å². The van der Waals surface area contributed by atoms with Gasteiger partial charge in [0.2, 0.25) is 0 Å². The van der Waals surface area contributed by atoms with E-state index >= 15 is 0 Å². The number of hydrogen-bond acceptors (Lipinski definition) is 5. The van der Waals surface area contributed by atoms with Gasteiger partial charge in [-0.15, -0.1) is 4.83 Å². The minimum Gasteiger partial charge on any atom is -0.486 e. The lowest BCUT2D eigenvalue weighted by molar-refractivity contribution is 0.0913. The quantitative estimate of drug-likeness (QED) is 0.605. The third-order valence-corrected chi connectivity index (χ3v) is 4.66. The summed E-state index contributed by atoms with van der Waals surface area (Å²) in [6.07, 6.45) is 0. The number of nitrogens with one attached hydrogen (secondary N) is 2. The number of furan rings is 1. The van der Waals surface area contributed by atoms with Crippen LogP contribution in [0.25, 0.3) is 0 Å². The molecule has 0 saturated carbocycles. The Bertz CT molecular complexity index is 1030. The Morgan fingerprint density at radius 2 is 1.81 bits per heavy atom. The molecule has 0 fully saturated rings. The molecular formula is C18H15FN2O5S. The minimum atomic E-state index is -4.11. The van der Waals surface area contributed by atoms with Crippen molar-refractivity contribution in [2.45, 2.75) is 11.5 Å². The van der Waals surface area contributed by atoms with Crippen molar-refractivity contribution in [1.29, 1.82) is 0 Å². The summed E-state index contributed by atoms with van der Waals surface area (Å²) >= 11 is 0. The molecule has 0 radical (unpaired) electrons. The number of para-hydroxylation sites is 1. The zero-order valence-electron chi connectivity index (χ0n) is 13.9. The molecule has 0 spiro atoms. The van der Waals surface area contributed by atoms with Crippen molar-refractivity contribution in [3.8, 4) is 5.75 Å². The number of carbonyl (C=O) groups excluding carboxylic acids is 1. The molecule has 3 rings (SSSR count). The van der Waals surface area contributed by atoms with E-state index in [-0.39, 0.29) is 17.3 Å². The number of hydrogen-bond donors (Lipinski definition) is 2. The van der Waals surface area contributed by atoms with Crippen molar-refractivity contribution in [3.63, 3.8) is 0 Å². The molecule has 0 bridgehead atoms. The smallest absolute Gasteiger partial charge is 0.301 e. The van der Waals surface area contributed by atoms with Crippen LogP contribution in [0.2, 0.25) is 0 Å². The van der Waals surface area contributed by atoms with Gasteiger partial charge in [0, 0.05) is 0 Å². The number of carbonyl (C=O) groups is 1. The third-order valence-electron chi connectivity index (χ3n) is 3.42. The lowest BCUT2D eigenvalue weighted by Crippen LogP contribution is -2.41. The molecule has 27 heavy (non-hydrogen) atoms. The fourth-order valence-corrected chi connectivity index (χ4v) is 2.99. The molecule has 3 aromatic rings. The minimum absolute atomic E-state index is 0.103. The van der Waals surface area contributed by atoms with E-state index in [0.29, 0.717) is 11.5 Å². The van der Waals surface area contributed by atoms with Crippen molar-refractivity contribution in [2.75, 3.05) is 0 Å². The van der Waals surface area contributed by atoms with E-state index in [0.717, 1.165) is 12.1 Å². The molecule has 2 N–H and O–H groups in total. The molecule has 0 unspecified atom stereocenters. The van der Waals surface area contributed by atoms with Crippen LogP contribution in [0.15, 0.2) is 76.0 Å². The number of benzene rings is 2. The maximum Gasteiger partial charge on any atom is 0.301 e. The second kappa shape index (κ2) is 8.02. The first-order valence-corrected chi connectivity index (χ1v) is 9.27. The zero-order chi connectivity index (χ0) is 19.3. The van der Waals surface area contributed by atoms with Crippen LogP contribution in [0.5, 0.6) is 5.75 Å².